The topological polar surface area (TPSA) is 46.3 Å². The van der Waals surface area contributed by atoms with Gasteiger partial charge in [-0.2, -0.15) is 0 Å². The smallest absolute Gasteiger partial charge is 0.239 e. The summed E-state index contributed by atoms with van der Waals surface area (Å²) in [6, 6.07) is 0.137. The Balaban J connectivity index is 1.77. The Bertz CT molecular complexity index is 298. The molecule has 17 heavy (non-hydrogen) atoms. The fourth-order valence-corrected chi connectivity index (χ4v) is 5.00. The van der Waals surface area contributed by atoms with Gasteiger partial charge in [-0.05, 0) is 62.7 Å². The van der Waals surface area contributed by atoms with Crippen molar-refractivity contribution < 1.29 is 4.79 Å². The lowest BCUT2D eigenvalue weighted by Gasteiger charge is -2.56. The van der Waals surface area contributed by atoms with Crippen LogP contribution >= 0.6 is 0 Å². The van der Waals surface area contributed by atoms with Crippen molar-refractivity contribution in [2.45, 2.75) is 51.1 Å². The molecule has 3 heteroatoms. The van der Waals surface area contributed by atoms with Gasteiger partial charge in [-0.3, -0.25) is 4.79 Å². The number of hydrogen-bond acceptors (Lipinski definition) is 2. The van der Waals surface area contributed by atoms with E-state index in [0.717, 1.165) is 23.7 Å². The molecule has 0 aromatic heterocycles. The molecule has 1 atom stereocenters. The summed E-state index contributed by atoms with van der Waals surface area (Å²) in [7, 11) is 1.97. The second-order valence-corrected chi connectivity index (χ2v) is 6.66. The summed E-state index contributed by atoms with van der Waals surface area (Å²) in [6.07, 6.45) is 6.88. The van der Waals surface area contributed by atoms with Gasteiger partial charge in [0, 0.05) is 13.1 Å². The van der Waals surface area contributed by atoms with Gasteiger partial charge >= 0.3 is 0 Å². The average Bonchev–Trinajstić information content (AvgIpc) is 2.26. The van der Waals surface area contributed by atoms with Gasteiger partial charge in [-0.1, -0.05) is 0 Å². The van der Waals surface area contributed by atoms with Gasteiger partial charge in [0.05, 0.1) is 6.04 Å². The Kier molecular flexibility index (Phi) is 2.69. The normalized spacial score (nSPS) is 44.8. The summed E-state index contributed by atoms with van der Waals surface area (Å²) in [5.74, 6) is 3.58. The zero-order valence-corrected chi connectivity index (χ0v) is 10.9. The average molecular weight is 236 g/mol. The molecule has 0 aromatic rings. The number of hydrogen-bond donors (Lipinski definition) is 1. The molecule has 0 radical (unpaired) electrons. The lowest BCUT2D eigenvalue weighted by Crippen LogP contribution is -2.58. The third-order valence-corrected chi connectivity index (χ3v) is 5.36. The minimum Gasteiger partial charge on any atom is -0.341 e. The second kappa shape index (κ2) is 3.98. The number of rotatable bonds is 2. The van der Waals surface area contributed by atoms with Gasteiger partial charge in [0.2, 0.25) is 5.91 Å². The molecule has 3 nitrogen and oxygen atoms in total. The van der Waals surface area contributed by atoms with Gasteiger partial charge in [-0.15, -0.1) is 0 Å². The minimum atomic E-state index is -0.350. The predicted molar refractivity (Wildman–Crippen MR) is 67.3 cm³/mol. The van der Waals surface area contributed by atoms with Crippen LogP contribution < -0.4 is 5.73 Å². The molecular weight excluding hydrogens is 212 g/mol. The van der Waals surface area contributed by atoms with Crippen LogP contribution in [0.4, 0.5) is 0 Å². The number of amides is 1. The van der Waals surface area contributed by atoms with E-state index in [1.165, 1.54) is 32.1 Å². The van der Waals surface area contributed by atoms with Gasteiger partial charge in [0.15, 0.2) is 0 Å². The Hall–Kier alpha value is -0.570. The first-order chi connectivity index (χ1) is 8.06. The highest BCUT2D eigenvalue weighted by atomic mass is 16.2. The maximum absolute atomic E-state index is 12.1. The minimum absolute atomic E-state index is 0.127. The molecule has 2 N–H and O–H groups in total. The van der Waals surface area contributed by atoms with Crippen molar-refractivity contribution in [1.29, 1.82) is 0 Å². The van der Waals surface area contributed by atoms with E-state index in [2.05, 4.69) is 0 Å². The van der Waals surface area contributed by atoms with Crippen LogP contribution in [0.2, 0.25) is 0 Å². The van der Waals surface area contributed by atoms with E-state index < -0.39 is 0 Å². The lowest BCUT2D eigenvalue weighted by atomic mass is 9.54. The monoisotopic (exact) mass is 236 g/mol. The Labute approximate surface area is 104 Å². The zero-order chi connectivity index (χ0) is 12.2. The fourth-order valence-electron chi connectivity index (χ4n) is 5.00. The third kappa shape index (κ3) is 1.79. The highest BCUT2D eigenvalue weighted by molar-refractivity contribution is 5.81. The molecule has 0 aromatic carbocycles. The van der Waals surface area contributed by atoms with Crippen molar-refractivity contribution in [3.63, 3.8) is 0 Å². The maximum Gasteiger partial charge on any atom is 0.239 e. The van der Waals surface area contributed by atoms with E-state index in [1.807, 2.05) is 11.9 Å². The summed E-state index contributed by atoms with van der Waals surface area (Å²) >= 11 is 0. The van der Waals surface area contributed by atoms with Crippen molar-refractivity contribution in [3.8, 4) is 0 Å². The quantitative estimate of drug-likeness (QED) is 0.792. The van der Waals surface area contributed by atoms with Crippen molar-refractivity contribution in [1.82, 2.24) is 4.90 Å². The highest BCUT2D eigenvalue weighted by Gasteiger charge is 2.50. The van der Waals surface area contributed by atoms with Crippen LogP contribution in [-0.4, -0.2) is 29.9 Å². The molecule has 4 saturated carbocycles. The van der Waals surface area contributed by atoms with E-state index in [-0.39, 0.29) is 11.9 Å². The van der Waals surface area contributed by atoms with E-state index in [1.54, 1.807) is 6.92 Å². The molecule has 0 aliphatic heterocycles. The SMILES string of the molecule is CC(N)C(=O)N(C)C1C2CC3CC(C2)CC1C3. The second-order valence-electron chi connectivity index (χ2n) is 6.66. The molecule has 4 bridgehead atoms. The summed E-state index contributed by atoms with van der Waals surface area (Å²) in [6.45, 7) is 1.80. The first-order valence-corrected chi connectivity index (χ1v) is 7.08. The summed E-state index contributed by atoms with van der Waals surface area (Å²) < 4.78 is 0. The van der Waals surface area contributed by atoms with E-state index in [0.29, 0.717) is 6.04 Å². The first kappa shape index (κ1) is 11.5. The van der Waals surface area contributed by atoms with Gasteiger partial charge in [0.25, 0.3) is 0 Å². The van der Waals surface area contributed by atoms with Crippen LogP contribution in [0.5, 0.6) is 0 Å². The largest absolute Gasteiger partial charge is 0.341 e. The Morgan fingerprint density at radius 1 is 1.12 bits per heavy atom. The fraction of sp³-hybridized carbons (Fsp3) is 0.929. The van der Waals surface area contributed by atoms with Crippen LogP contribution in [0.1, 0.15) is 39.0 Å². The molecular formula is C14H24N2O. The van der Waals surface area contributed by atoms with Crippen molar-refractivity contribution in [3.05, 3.63) is 0 Å². The molecule has 4 aliphatic rings. The lowest BCUT2D eigenvalue weighted by molar-refractivity contribution is -0.142. The number of nitrogens with two attached hydrogens (primary N) is 1. The Morgan fingerprint density at radius 2 is 1.59 bits per heavy atom. The number of likely N-dealkylation sites (N-methyl/N-ethyl adjacent to an activating group) is 1. The molecule has 0 heterocycles. The molecule has 96 valence electrons. The van der Waals surface area contributed by atoms with Crippen LogP contribution in [0.15, 0.2) is 0 Å². The maximum atomic E-state index is 12.1. The van der Waals surface area contributed by atoms with Gasteiger partial charge in [0.1, 0.15) is 0 Å². The number of nitrogens with zero attached hydrogens (tertiary/aromatic N) is 1. The van der Waals surface area contributed by atoms with Crippen molar-refractivity contribution in [2.24, 2.45) is 29.4 Å². The molecule has 1 unspecified atom stereocenters. The zero-order valence-electron chi connectivity index (χ0n) is 10.9. The molecule has 4 aliphatic carbocycles. The van der Waals surface area contributed by atoms with Gasteiger partial charge < -0.3 is 10.6 Å². The number of carbonyl (C=O) groups is 1. The standard InChI is InChI=1S/C14H24N2O/c1-8(15)14(17)16(2)13-11-4-9-3-10(6-11)7-12(13)5-9/h8-13H,3-7,15H2,1-2H3. The third-order valence-electron chi connectivity index (χ3n) is 5.36. The van der Waals surface area contributed by atoms with Crippen molar-refractivity contribution >= 4 is 5.91 Å². The van der Waals surface area contributed by atoms with Crippen LogP contribution in [0, 0.1) is 23.7 Å². The first-order valence-electron chi connectivity index (χ1n) is 7.08. The molecule has 1 amide bonds. The molecule has 4 rings (SSSR count). The van der Waals surface area contributed by atoms with Gasteiger partial charge in [-0.25, -0.2) is 0 Å². The molecule has 4 fully saturated rings. The number of carbonyl (C=O) groups excluding carboxylic acids is 1. The van der Waals surface area contributed by atoms with Crippen LogP contribution in [0.3, 0.4) is 0 Å². The van der Waals surface area contributed by atoms with E-state index >= 15 is 0 Å². The van der Waals surface area contributed by atoms with E-state index in [9.17, 15) is 4.79 Å². The van der Waals surface area contributed by atoms with E-state index in [4.69, 9.17) is 5.73 Å². The predicted octanol–water partition coefficient (Wildman–Crippen LogP) is 1.62. The summed E-state index contributed by atoms with van der Waals surface area (Å²) in [4.78, 5) is 14.1. The van der Waals surface area contributed by atoms with Crippen LogP contribution in [-0.2, 0) is 4.79 Å². The van der Waals surface area contributed by atoms with Crippen molar-refractivity contribution in [2.75, 3.05) is 7.05 Å². The summed E-state index contributed by atoms with van der Waals surface area (Å²) in [5, 5.41) is 0. The molecule has 0 spiro atoms. The Morgan fingerprint density at radius 3 is 2.00 bits per heavy atom. The summed E-state index contributed by atoms with van der Waals surface area (Å²) in [5.41, 5.74) is 5.74. The van der Waals surface area contributed by atoms with Crippen LogP contribution in [0.25, 0.3) is 0 Å². The molecule has 0 saturated heterocycles. The highest BCUT2D eigenvalue weighted by Crippen LogP contribution is 2.54.